The summed E-state index contributed by atoms with van der Waals surface area (Å²) in [6.07, 6.45) is -8.29. The smallest absolute Gasteiger partial charge is 0.417 e. The van der Waals surface area contributed by atoms with Gasteiger partial charge in [0.05, 0.1) is 16.1 Å². The number of anilines is 1. The van der Waals surface area contributed by atoms with Crippen molar-refractivity contribution in [3.05, 3.63) is 82.1 Å². The number of amides is 1. The van der Waals surface area contributed by atoms with Gasteiger partial charge in [0, 0.05) is 17.3 Å². The molecule has 33 heavy (non-hydrogen) atoms. The molecule has 4 nitrogen and oxygen atoms in total. The highest BCUT2D eigenvalue weighted by Gasteiger charge is 2.33. The minimum Gasteiger partial charge on any atom is -0.457 e. The second-order valence-corrected chi connectivity index (χ2v) is 7.00. The Bertz CT molecular complexity index is 1270. The Balaban J connectivity index is 1.83. The molecule has 3 aromatic rings. The van der Waals surface area contributed by atoms with E-state index in [0.717, 1.165) is 30.3 Å². The van der Waals surface area contributed by atoms with Crippen LogP contribution in [0, 0.1) is 11.3 Å². The summed E-state index contributed by atoms with van der Waals surface area (Å²) >= 11 is 5.53. The lowest BCUT2D eigenvalue weighted by molar-refractivity contribution is -0.138. The van der Waals surface area contributed by atoms with Gasteiger partial charge in [-0.3, -0.25) is 4.79 Å². The zero-order valence-corrected chi connectivity index (χ0v) is 16.9. The molecule has 0 aliphatic heterocycles. The summed E-state index contributed by atoms with van der Waals surface area (Å²) in [5.74, 6) is -0.997. The fraction of sp³-hybridized carbons (Fsp3) is 0.0909. The third kappa shape index (κ3) is 5.75. The van der Waals surface area contributed by atoms with Gasteiger partial charge in [0.1, 0.15) is 23.2 Å². The number of carbonyl (C=O) groups is 1. The van der Waals surface area contributed by atoms with Crippen molar-refractivity contribution in [2.75, 3.05) is 5.32 Å². The number of rotatable bonds is 4. The van der Waals surface area contributed by atoms with Gasteiger partial charge in [-0.25, -0.2) is 0 Å². The van der Waals surface area contributed by atoms with Crippen molar-refractivity contribution in [2.24, 2.45) is 0 Å². The van der Waals surface area contributed by atoms with Crippen LogP contribution in [0.4, 0.5) is 32.0 Å². The van der Waals surface area contributed by atoms with E-state index in [1.165, 1.54) is 24.3 Å². The van der Waals surface area contributed by atoms with Gasteiger partial charge in [0.2, 0.25) is 0 Å². The maximum atomic E-state index is 13.0. The fourth-order valence-corrected chi connectivity index (χ4v) is 2.97. The van der Waals surface area contributed by atoms with Crippen molar-refractivity contribution in [3.8, 4) is 17.4 Å². The maximum absolute atomic E-state index is 13.0. The van der Waals surface area contributed by atoms with Crippen molar-refractivity contribution in [2.45, 2.75) is 12.4 Å². The molecule has 3 rings (SSSR count). The largest absolute Gasteiger partial charge is 0.457 e. The maximum Gasteiger partial charge on any atom is 0.417 e. The van der Waals surface area contributed by atoms with Crippen LogP contribution in [-0.4, -0.2) is 5.91 Å². The molecule has 0 atom stereocenters. The molecule has 1 N–H and O–H groups in total. The van der Waals surface area contributed by atoms with Crippen LogP contribution in [0.15, 0.2) is 64.6 Å². The summed E-state index contributed by atoms with van der Waals surface area (Å²) in [5.41, 5.74) is -2.69. The third-order valence-electron chi connectivity index (χ3n) is 4.28. The lowest BCUT2D eigenvalue weighted by Crippen LogP contribution is -2.14. The van der Waals surface area contributed by atoms with Crippen LogP contribution < -0.4 is 5.32 Å². The Morgan fingerprint density at radius 3 is 2.36 bits per heavy atom. The minimum atomic E-state index is -4.75. The van der Waals surface area contributed by atoms with Gasteiger partial charge in [-0.05, 0) is 42.5 Å². The zero-order valence-electron chi connectivity index (χ0n) is 16.2. The number of benzene rings is 2. The molecule has 0 spiro atoms. The number of furan rings is 1. The van der Waals surface area contributed by atoms with Crippen molar-refractivity contribution < 1.29 is 35.6 Å². The Kier molecular flexibility index (Phi) is 6.56. The van der Waals surface area contributed by atoms with Gasteiger partial charge < -0.3 is 9.73 Å². The van der Waals surface area contributed by atoms with E-state index < -0.39 is 40.0 Å². The van der Waals surface area contributed by atoms with Gasteiger partial charge in [0.15, 0.2) is 0 Å². The second-order valence-electron chi connectivity index (χ2n) is 6.60. The lowest BCUT2D eigenvalue weighted by Gasteiger charge is -2.11. The van der Waals surface area contributed by atoms with Crippen LogP contribution in [0.25, 0.3) is 17.4 Å². The standard InChI is InChI=1S/C22H11ClF6N2O2/c23-18-6-4-15(10-17(18)22(27,28)29)31-20(32)13(11-30)9-16-5-7-19(33-16)12-2-1-3-14(8-12)21(24,25)26/h1-10H,(H,31,32). The molecule has 170 valence electrons. The number of halogens is 7. The predicted molar refractivity (Wildman–Crippen MR) is 108 cm³/mol. The molecule has 1 amide bonds. The summed E-state index contributed by atoms with van der Waals surface area (Å²) in [6, 6.07) is 11.3. The Morgan fingerprint density at radius 1 is 1.00 bits per heavy atom. The second kappa shape index (κ2) is 9.03. The van der Waals surface area contributed by atoms with E-state index >= 15 is 0 Å². The molecule has 0 saturated heterocycles. The van der Waals surface area contributed by atoms with Crippen LogP contribution in [-0.2, 0) is 17.1 Å². The summed E-state index contributed by atoms with van der Waals surface area (Å²) in [7, 11) is 0. The van der Waals surface area contributed by atoms with Crippen molar-refractivity contribution in [1.29, 1.82) is 5.26 Å². The quantitative estimate of drug-likeness (QED) is 0.242. The van der Waals surface area contributed by atoms with Gasteiger partial charge >= 0.3 is 12.4 Å². The highest BCUT2D eigenvalue weighted by molar-refractivity contribution is 6.31. The number of alkyl halides is 6. The molecular weight excluding hydrogens is 474 g/mol. The molecule has 11 heteroatoms. The number of carbonyl (C=O) groups excluding carboxylic acids is 1. The average Bonchev–Trinajstić information content (AvgIpc) is 3.20. The molecule has 1 heterocycles. The normalized spacial score (nSPS) is 12.4. The molecule has 0 unspecified atom stereocenters. The average molecular weight is 485 g/mol. The van der Waals surface area contributed by atoms with E-state index in [2.05, 4.69) is 5.32 Å². The van der Waals surface area contributed by atoms with E-state index in [1.807, 2.05) is 0 Å². The first kappa shape index (κ1) is 23.9. The molecule has 0 radical (unpaired) electrons. The monoisotopic (exact) mass is 484 g/mol. The van der Waals surface area contributed by atoms with Gasteiger partial charge in [-0.1, -0.05) is 23.7 Å². The Morgan fingerprint density at radius 2 is 1.73 bits per heavy atom. The Hall–Kier alpha value is -3.71. The molecule has 0 bridgehead atoms. The van der Waals surface area contributed by atoms with Gasteiger partial charge in [-0.2, -0.15) is 31.6 Å². The molecular formula is C22H11ClF6N2O2. The van der Waals surface area contributed by atoms with E-state index in [0.29, 0.717) is 6.07 Å². The van der Waals surface area contributed by atoms with Crippen LogP contribution in [0.2, 0.25) is 5.02 Å². The first-order chi connectivity index (χ1) is 15.4. The predicted octanol–water partition coefficient (Wildman–Crippen LogP) is 7.18. The summed E-state index contributed by atoms with van der Waals surface area (Å²) in [5, 5.41) is 10.9. The number of hydrogen-bond acceptors (Lipinski definition) is 3. The van der Waals surface area contributed by atoms with Gasteiger partial charge in [-0.15, -0.1) is 0 Å². The van der Waals surface area contributed by atoms with Gasteiger partial charge in [0.25, 0.3) is 5.91 Å². The Labute approximate surface area is 187 Å². The first-order valence-electron chi connectivity index (χ1n) is 8.96. The SMILES string of the molecule is N#CC(=Cc1ccc(-c2cccc(C(F)(F)F)c2)o1)C(=O)Nc1ccc(Cl)c(C(F)(F)F)c1. The first-order valence-corrected chi connectivity index (χ1v) is 9.33. The summed E-state index contributed by atoms with van der Waals surface area (Å²) < 4.78 is 83.0. The van der Waals surface area contributed by atoms with Crippen LogP contribution >= 0.6 is 11.6 Å². The zero-order chi connectivity index (χ0) is 24.4. The lowest BCUT2D eigenvalue weighted by atomic mass is 10.1. The summed E-state index contributed by atoms with van der Waals surface area (Å²) in [6.45, 7) is 0. The minimum absolute atomic E-state index is 0.0267. The summed E-state index contributed by atoms with van der Waals surface area (Å²) in [4.78, 5) is 12.3. The van der Waals surface area contributed by atoms with Crippen LogP contribution in [0.5, 0.6) is 0 Å². The highest BCUT2D eigenvalue weighted by Crippen LogP contribution is 2.36. The molecule has 0 aliphatic rings. The van der Waals surface area contributed by atoms with Crippen molar-refractivity contribution >= 4 is 29.3 Å². The van der Waals surface area contributed by atoms with Crippen LogP contribution in [0.3, 0.4) is 0 Å². The molecule has 2 aromatic carbocycles. The third-order valence-corrected chi connectivity index (χ3v) is 4.61. The van der Waals surface area contributed by atoms with Crippen molar-refractivity contribution in [3.63, 3.8) is 0 Å². The van der Waals surface area contributed by atoms with E-state index in [4.69, 9.17) is 16.0 Å². The van der Waals surface area contributed by atoms with E-state index in [9.17, 15) is 36.4 Å². The molecule has 0 fully saturated rings. The molecule has 0 saturated carbocycles. The van der Waals surface area contributed by atoms with Crippen LogP contribution in [0.1, 0.15) is 16.9 Å². The molecule has 1 aromatic heterocycles. The van der Waals surface area contributed by atoms with E-state index in [-0.39, 0.29) is 22.8 Å². The highest BCUT2D eigenvalue weighted by atomic mass is 35.5. The van der Waals surface area contributed by atoms with E-state index in [1.54, 1.807) is 6.07 Å². The number of nitrogens with one attached hydrogen (secondary N) is 1. The topological polar surface area (TPSA) is 66.0 Å². The number of nitrogens with zero attached hydrogens (tertiary/aromatic N) is 1. The fourth-order valence-electron chi connectivity index (χ4n) is 2.74. The molecule has 0 aliphatic carbocycles. The number of nitriles is 1. The van der Waals surface area contributed by atoms with Crippen molar-refractivity contribution in [1.82, 2.24) is 0 Å². The number of hydrogen-bond donors (Lipinski definition) is 1.